The van der Waals surface area contributed by atoms with Crippen molar-refractivity contribution in [2.45, 2.75) is 43.5 Å². The second kappa shape index (κ2) is 6.41. The highest BCUT2D eigenvalue weighted by Crippen LogP contribution is 2.20. The number of hydrogen-bond donors (Lipinski definition) is 6. The summed E-state index contributed by atoms with van der Waals surface area (Å²) in [6, 6.07) is -0.699. The molecule has 0 aromatic rings. The van der Waals surface area contributed by atoms with Crippen molar-refractivity contribution in [2.75, 3.05) is 13.2 Å². The molecule has 1 aliphatic rings. The van der Waals surface area contributed by atoms with Crippen molar-refractivity contribution in [3.05, 3.63) is 0 Å². The Balaban J connectivity index is 2.57. The number of nitrogens with one attached hydrogen (secondary N) is 1. The van der Waals surface area contributed by atoms with Gasteiger partial charge in [0.25, 0.3) is 0 Å². The van der Waals surface area contributed by atoms with Crippen LogP contribution in [0.15, 0.2) is 0 Å². The Kier molecular flexibility index (Phi) is 5.45. The third-order valence-electron chi connectivity index (χ3n) is 2.88. The van der Waals surface area contributed by atoms with Crippen LogP contribution in [0.5, 0.6) is 0 Å². The van der Waals surface area contributed by atoms with Crippen LogP contribution in [0.4, 0.5) is 0 Å². The standard InChI is InChI=1S/C10H20N2O6/c1-4(11)10(17)12-2-5-7(14)9(16)8(15)6(3-13)18-5/h4-9,13-16H,2-3,11H2,1H3,(H,12,17)/t4-,5?,6?,7+,8?,9+/m0/s1. The Morgan fingerprint density at radius 3 is 2.33 bits per heavy atom. The van der Waals surface area contributed by atoms with Gasteiger partial charge in [0, 0.05) is 6.54 Å². The van der Waals surface area contributed by atoms with Crippen LogP contribution < -0.4 is 11.1 Å². The Labute approximate surface area is 104 Å². The number of amides is 1. The molecule has 18 heavy (non-hydrogen) atoms. The van der Waals surface area contributed by atoms with E-state index in [0.29, 0.717) is 0 Å². The number of aliphatic hydroxyl groups excluding tert-OH is 4. The van der Waals surface area contributed by atoms with E-state index in [1.54, 1.807) is 0 Å². The summed E-state index contributed by atoms with van der Waals surface area (Å²) in [5.41, 5.74) is 5.34. The van der Waals surface area contributed by atoms with Gasteiger partial charge in [-0.3, -0.25) is 4.79 Å². The van der Waals surface area contributed by atoms with E-state index in [1.807, 2.05) is 0 Å². The fourth-order valence-corrected chi connectivity index (χ4v) is 1.71. The van der Waals surface area contributed by atoms with E-state index in [4.69, 9.17) is 15.6 Å². The van der Waals surface area contributed by atoms with E-state index in [9.17, 15) is 20.1 Å². The summed E-state index contributed by atoms with van der Waals surface area (Å²) in [5.74, 6) is -0.424. The maximum atomic E-state index is 11.3. The fraction of sp³-hybridized carbons (Fsp3) is 0.900. The molecule has 8 heteroatoms. The molecule has 0 bridgehead atoms. The van der Waals surface area contributed by atoms with Crippen molar-refractivity contribution >= 4 is 5.91 Å². The molecule has 106 valence electrons. The number of carbonyl (C=O) groups is 1. The quantitative estimate of drug-likeness (QED) is 0.306. The number of aliphatic hydroxyl groups is 4. The molecule has 1 rings (SSSR count). The average Bonchev–Trinajstić information content (AvgIpc) is 2.34. The smallest absolute Gasteiger partial charge is 0.236 e. The van der Waals surface area contributed by atoms with Gasteiger partial charge >= 0.3 is 0 Å². The van der Waals surface area contributed by atoms with E-state index in [1.165, 1.54) is 6.92 Å². The molecule has 1 heterocycles. The van der Waals surface area contributed by atoms with Gasteiger partial charge in [0.2, 0.25) is 5.91 Å². The predicted molar refractivity (Wildman–Crippen MR) is 60.4 cm³/mol. The van der Waals surface area contributed by atoms with Gasteiger partial charge < -0.3 is 36.2 Å². The van der Waals surface area contributed by atoms with Crippen molar-refractivity contribution in [1.29, 1.82) is 0 Å². The zero-order valence-corrected chi connectivity index (χ0v) is 10.1. The normalized spacial score (nSPS) is 38.2. The van der Waals surface area contributed by atoms with Crippen molar-refractivity contribution in [2.24, 2.45) is 5.73 Å². The maximum absolute atomic E-state index is 11.3. The lowest BCUT2D eigenvalue weighted by atomic mass is 9.95. The lowest BCUT2D eigenvalue weighted by Crippen LogP contribution is -2.61. The molecule has 7 N–H and O–H groups in total. The minimum absolute atomic E-state index is 0.0676. The van der Waals surface area contributed by atoms with Crippen LogP contribution in [0.1, 0.15) is 6.92 Å². The SMILES string of the molecule is C[C@H](N)C(=O)NCC1OC(CO)C(O)[C@H](O)[C@@H]1O. The van der Waals surface area contributed by atoms with Crippen molar-refractivity contribution in [3.8, 4) is 0 Å². The Hall–Kier alpha value is -0.770. The second-order valence-corrected chi connectivity index (χ2v) is 4.40. The van der Waals surface area contributed by atoms with Crippen LogP contribution in [0.3, 0.4) is 0 Å². The van der Waals surface area contributed by atoms with E-state index < -0.39 is 49.1 Å². The highest BCUT2D eigenvalue weighted by Gasteiger charge is 2.43. The Morgan fingerprint density at radius 2 is 1.83 bits per heavy atom. The van der Waals surface area contributed by atoms with Crippen LogP contribution in [-0.2, 0) is 9.53 Å². The van der Waals surface area contributed by atoms with Crippen molar-refractivity contribution in [3.63, 3.8) is 0 Å². The van der Waals surface area contributed by atoms with Crippen LogP contribution in [0, 0.1) is 0 Å². The molecule has 1 saturated heterocycles. The van der Waals surface area contributed by atoms with E-state index in [2.05, 4.69) is 5.32 Å². The molecule has 1 fully saturated rings. The van der Waals surface area contributed by atoms with E-state index in [0.717, 1.165) is 0 Å². The highest BCUT2D eigenvalue weighted by atomic mass is 16.5. The molecular weight excluding hydrogens is 244 g/mol. The molecule has 0 radical (unpaired) electrons. The molecular formula is C10H20N2O6. The average molecular weight is 264 g/mol. The molecule has 0 aromatic carbocycles. The molecule has 0 aliphatic carbocycles. The summed E-state index contributed by atoms with van der Waals surface area (Å²) < 4.78 is 5.20. The first-order valence-corrected chi connectivity index (χ1v) is 5.72. The van der Waals surface area contributed by atoms with Crippen LogP contribution in [0.25, 0.3) is 0 Å². The molecule has 0 saturated carbocycles. The zero-order valence-electron chi connectivity index (χ0n) is 10.1. The summed E-state index contributed by atoms with van der Waals surface area (Å²) in [7, 11) is 0. The largest absolute Gasteiger partial charge is 0.394 e. The zero-order chi connectivity index (χ0) is 13.9. The highest BCUT2D eigenvalue weighted by molar-refractivity contribution is 5.80. The number of rotatable bonds is 4. The first-order valence-electron chi connectivity index (χ1n) is 5.72. The van der Waals surface area contributed by atoms with Gasteiger partial charge in [0.15, 0.2) is 0 Å². The number of nitrogens with two attached hydrogens (primary N) is 1. The van der Waals surface area contributed by atoms with Crippen molar-refractivity contribution in [1.82, 2.24) is 5.32 Å². The van der Waals surface area contributed by atoms with Gasteiger partial charge in [0.05, 0.1) is 12.6 Å². The van der Waals surface area contributed by atoms with E-state index in [-0.39, 0.29) is 6.54 Å². The topological polar surface area (TPSA) is 145 Å². The number of carbonyl (C=O) groups excluding carboxylic acids is 1. The van der Waals surface area contributed by atoms with Gasteiger partial charge in [-0.25, -0.2) is 0 Å². The van der Waals surface area contributed by atoms with E-state index >= 15 is 0 Å². The molecule has 0 spiro atoms. The molecule has 6 atom stereocenters. The predicted octanol–water partition coefficient (Wildman–Crippen LogP) is -3.71. The molecule has 1 aliphatic heterocycles. The summed E-state index contributed by atoms with van der Waals surface area (Å²) in [5, 5.41) is 40.1. The van der Waals surface area contributed by atoms with Gasteiger partial charge in [-0.1, -0.05) is 0 Å². The monoisotopic (exact) mass is 264 g/mol. The molecule has 1 amide bonds. The van der Waals surface area contributed by atoms with Gasteiger partial charge in [-0.2, -0.15) is 0 Å². The minimum Gasteiger partial charge on any atom is -0.394 e. The summed E-state index contributed by atoms with van der Waals surface area (Å²) in [6.07, 6.45) is -6.07. The first-order chi connectivity index (χ1) is 8.38. The van der Waals surface area contributed by atoms with Crippen LogP contribution in [-0.4, -0.2) is 76.0 Å². The molecule has 3 unspecified atom stereocenters. The lowest BCUT2D eigenvalue weighted by Gasteiger charge is -2.40. The fourth-order valence-electron chi connectivity index (χ4n) is 1.71. The third kappa shape index (κ3) is 3.37. The van der Waals surface area contributed by atoms with Crippen molar-refractivity contribution < 1.29 is 30.0 Å². The van der Waals surface area contributed by atoms with Gasteiger partial charge in [-0.15, -0.1) is 0 Å². The van der Waals surface area contributed by atoms with Gasteiger partial charge in [-0.05, 0) is 6.92 Å². The Morgan fingerprint density at radius 1 is 1.28 bits per heavy atom. The minimum atomic E-state index is -1.44. The van der Waals surface area contributed by atoms with Gasteiger partial charge in [0.1, 0.15) is 30.5 Å². The molecule has 8 nitrogen and oxygen atoms in total. The lowest BCUT2D eigenvalue weighted by molar-refractivity contribution is -0.227. The summed E-state index contributed by atoms with van der Waals surface area (Å²) in [6.45, 7) is 0.938. The maximum Gasteiger partial charge on any atom is 0.236 e. The summed E-state index contributed by atoms with van der Waals surface area (Å²) >= 11 is 0. The first kappa shape index (κ1) is 15.3. The van der Waals surface area contributed by atoms with Crippen LogP contribution in [0.2, 0.25) is 0 Å². The van der Waals surface area contributed by atoms with Crippen LogP contribution >= 0.6 is 0 Å². The number of ether oxygens (including phenoxy) is 1. The third-order valence-corrected chi connectivity index (χ3v) is 2.88. The molecule has 0 aromatic heterocycles. The second-order valence-electron chi connectivity index (χ2n) is 4.40. The number of hydrogen-bond acceptors (Lipinski definition) is 7. The Bertz CT molecular complexity index is 286. The summed E-state index contributed by atoms with van der Waals surface area (Å²) in [4.78, 5) is 11.3.